The van der Waals surface area contributed by atoms with Crippen LogP contribution < -0.4 is 0 Å². The number of rotatable bonds is 7. The summed E-state index contributed by atoms with van der Waals surface area (Å²) in [6.07, 6.45) is 6.05. The van der Waals surface area contributed by atoms with Crippen LogP contribution >= 0.6 is 0 Å². The third kappa shape index (κ3) is 5.92. The van der Waals surface area contributed by atoms with Gasteiger partial charge in [0.25, 0.3) is 0 Å². The highest BCUT2D eigenvalue weighted by Crippen LogP contribution is 2.05. The van der Waals surface area contributed by atoms with Gasteiger partial charge in [-0.15, -0.1) is 0 Å². The van der Waals surface area contributed by atoms with Crippen molar-refractivity contribution in [2.75, 3.05) is 7.11 Å². The SMILES string of the molecule is CCCC(=O)C(C=CCC(C)C)OC. The van der Waals surface area contributed by atoms with Crippen molar-refractivity contribution >= 4 is 5.78 Å². The number of hydrogen-bond acceptors (Lipinski definition) is 2. The normalized spacial score (nSPS) is 13.8. The second-order valence-corrected chi connectivity index (χ2v) is 3.93. The van der Waals surface area contributed by atoms with Gasteiger partial charge in [0.2, 0.25) is 0 Å². The van der Waals surface area contributed by atoms with E-state index in [9.17, 15) is 4.79 Å². The fraction of sp³-hybridized carbons (Fsp3) is 0.750. The van der Waals surface area contributed by atoms with Crippen molar-refractivity contribution in [3.8, 4) is 0 Å². The Bertz CT molecular complexity index is 183. The van der Waals surface area contributed by atoms with Crippen molar-refractivity contribution in [2.24, 2.45) is 5.92 Å². The van der Waals surface area contributed by atoms with Crippen molar-refractivity contribution in [3.05, 3.63) is 12.2 Å². The molecular weight excluding hydrogens is 176 g/mol. The Morgan fingerprint density at radius 1 is 1.43 bits per heavy atom. The quantitative estimate of drug-likeness (QED) is 0.588. The lowest BCUT2D eigenvalue weighted by Crippen LogP contribution is -2.19. The van der Waals surface area contributed by atoms with Crippen LogP contribution in [0.1, 0.15) is 40.0 Å². The van der Waals surface area contributed by atoms with Gasteiger partial charge in [-0.3, -0.25) is 4.79 Å². The lowest BCUT2D eigenvalue weighted by atomic mass is 10.1. The third-order valence-electron chi connectivity index (χ3n) is 1.99. The third-order valence-corrected chi connectivity index (χ3v) is 1.99. The van der Waals surface area contributed by atoms with Crippen molar-refractivity contribution < 1.29 is 9.53 Å². The molecule has 0 aliphatic carbocycles. The summed E-state index contributed by atoms with van der Waals surface area (Å²) in [7, 11) is 1.58. The van der Waals surface area contributed by atoms with Gasteiger partial charge in [0.15, 0.2) is 5.78 Å². The summed E-state index contributed by atoms with van der Waals surface area (Å²) in [4.78, 5) is 11.5. The number of carbonyl (C=O) groups excluding carboxylic acids is 1. The van der Waals surface area contributed by atoms with Gasteiger partial charge in [-0.05, 0) is 18.8 Å². The summed E-state index contributed by atoms with van der Waals surface area (Å²) < 4.78 is 5.11. The predicted molar refractivity (Wildman–Crippen MR) is 59.3 cm³/mol. The molecule has 1 unspecified atom stereocenters. The van der Waals surface area contributed by atoms with Crippen molar-refractivity contribution in [3.63, 3.8) is 0 Å². The van der Waals surface area contributed by atoms with Gasteiger partial charge < -0.3 is 4.74 Å². The summed E-state index contributed by atoms with van der Waals surface area (Å²) in [6, 6.07) is 0. The van der Waals surface area contributed by atoms with Gasteiger partial charge in [-0.2, -0.15) is 0 Å². The molecule has 1 atom stereocenters. The molecule has 0 aromatic rings. The molecule has 0 aromatic heterocycles. The largest absolute Gasteiger partial charge is 0.370 e. The number of hydrogen-bond donors (Lipinski definition) is 0. The van der Waals surface area contributed by atoms with Crippen molar-refractivity contribution in [2.45, 2.75) is 46.1 Å². The topological polar surface area (TPSA) is 26.3 Å². The molecule has 0 bridgehead atoms. The van der Waals surface area contributed by atoms with Crippen molar-refractivity contribution in [1.82, 2.24) is 0 Å². The highest BCUT2D eigenvalue weighted by Gasteiger charge is 2.12. The van der Waals surface area contributed by atoms with Crippen LogP contribution in [-0.4, -0.2) is 19.0 Å². The first-order chi connectivity index (χ1) is 6.61. The maximum absolute atomic E-state index is 11.5. The average molecular weight is 198 g/mol. The molecule has 2 nitrogen and oxygen atoms in total. The summed E-state index contributed by atoms with van der Waals surface area (Å²) in [5.41, 5.74) is 0. The molecule has 0 N–H and O–H groups in total. The molecule has 0 radical (unpaired) electrons. The molecule has 0 fully saturated rings. The fourth-order valence-electron chi connectivity index (χ4n) is 1.18. The van der Waals surface area contributed by atoms with Gasteiger partial charge >= 0.3 is 0 Å². The summed E-state index contributed by atoms with van der Waals surface area (Å²) in [6.45, 7) is 6.31. The first kappa shape index (κ1) is 13.4. The number of Topliss-reactive ketones (excluding diaryl/α,β-unsaturated/α-hetero) is 1. The van der Waals surface area contributed by atoms with Crippen LogP contribution in [-0.2, 0) is 9.53 Å². The van der Waals surface area contributed by atoms with E-state index in [-0.39, 0.29) is 11.9 Å². The van der Waals surface area contributed by atoms with Gasteiger partial charge in [0, 0.05) is 13.5 Å². The highest BCUT2D eigenvalue weighted by atomic mass is 16.5. The van der Waals surface area contributed by atoms with Crippen molar-refractivity contribution in [1.29, 1.82) is 0 Å². The number of ether oxygens (including phenoxy) is 1. The van der Waals surface area contributed by atoms with E-state index < -0.39 is 0 Å². The minimum Gasteiger partial charge on any atom is -0.370 e. The van der Waals surface area contributed by atoms with E-state index in [1.807, 2.05) is 19.1 Å². The Morgan fingerprint density at radius 3 is 2.50 bits per heavy atom. The standard InChI is InChI=1S/C12H22O2/c1-5-7-11(13)12(14-4)9-6-8-10(2)3/h6,9-10,12H,5,7-8H2,1-4H3. The van der Waals surface area contributed by atoms with E-state index in [1.165, 1.54) is 0 Å². The van der Waals surface area contributed by atoms with E-state index in [2.05, 4.69) is 13.8 Å². The maximum Gasteiger partial charge on any atom is 0.165 e. The van der Waals surface area contributed by atoms with E-state index in [1.54, 1.807) is 7.11 Å². The summed E-state index contributed by atoms with van der Waals surface area (Å²) in [5, 5.41) is 0. The summed E-state index contributed by atoms with van der Waals surface area (Å²) in [5.74, 6) is 0.806. The molecule has 0 amide bonds. The first-order valence-electron chi connectivity index (χ1n) is 5.34. The Labute approximate surface area is 87.3 Å². The molecule has 0 heterocycles. The Balaban J connectivity index is 4.01. The monoisotopic (exact) mass is 198 g/mol. The molecule has 14 heavy (non-hydrogen) atoms. The first-order valence-corrected chi connectivity index (χ1v) is 5.34. The molecule has 0 saturated carbocycles. The van der Waals surface area contributed by atoms with Crippen LogP contribution in [0.4, 0.5) is 0 Å². The molecule has 2 heteroatoms. The van der Waals surface area contributed by atoms with E-state index >= 15 is 0 Å². The van der Waals surface area contributed by atoms with Gasteiger partial charge in [-0.25, -0.2) is 0 Å². The lowest BCUT2D eigenvalue weighted by molar-refractivity contribution is -0.126. The molecule has 0 spiro atoms. The van der Waals surface area contributed by atoms with Crippen LogP contribution in [0.2, 0.25) is 0 Å². The van der Waals surface area contributed by atoms with Crippen LogP contribution in [0.15, 0.2) is 12.2 Å². The fourth-order valence-corrected chi connectivity index (χ4v) is 1.18. The van der Waals surface area contributed by atoms with Crippen LogP contribution in [0.5, 0.6) is 0 Å². The molecule has 0 aliphatic rings. The van der Waals surface area contributed by atoms with E-state index in [0.29, 0.717) is 12.3 Å². The predicted octanol–water partition coefficient (Wildman–Crippen LogP) is 2.97. The van der Waals surface area contributed by atoms with E-state index in [0.717, 1.165) is 12.8 Å². The highest BCUT2D eigenvalue weighted by molar-refractivity contribution is 5.84. The molecule has 0 aromatic carbocycles. The second kappa shape index (κ2) is 7.74. The zero-order valence-corrected chi connectivity index (χ0v) is 9.75. The zero-order chi connectivity index (χ0) is 11.0. The molecule has 0 rings (SSSR count). The molecule has 0 saturated heterocycles. The molecular formula is C12H22O2. The zero-order valence-electron chi connectivity index (χ0n) is 9.75. The van der Waals surface area contributed by atoms with Crippen LogP contribution in [0.25, 0.3) is 0 Å². The summed E-state index contributed by atoms with van der Waals surface area (Å²) >= 11 is 0. The Morgan fingerprint density at radius 2 is 2.07 bits per heavy atom. The number of ketones is 1. The average Bonchev–Trinajstić information content (AvgIpc) is 2.12. The number of allylic oxidation sites excluding steroid dienone is 1. The van der Waals surface area contributed by atoms with Crippen LogP contribution in [0.3, 0.4) is 0 Å². The van der Waals surface area contributed by atoms with Gasteiger partial charge in [-0.1, -0.05) is 32.9 Å². The van der Waals surface area contributed by atoms with Gasteiger partial charge in [0.1, 0.15) is 6.10 Å². The number of methoxy groups -OCH3 is 1. The molecule has 82 valence electrons. The van der Waals surface area contributed by atoms with Crippen LogP contribution in [0, 0.1) is 5.92 Å². The Hall–Kier alpha value is -0.630. The number of carbonyl (C=O) groups is 1. The second-order valence-electron chi connectivity index (χ2n) is 3.93. The molecule has 0 aliphatic heterocycles. The Kier molecular flexibility index (Phi) is 7.40. The smallest absolute Gasteiger partial charge is 0.165 e. The minimum atomic E-state index is -0.339. The minimum absolute atomic E-state index is 0.176. The maximum atomic E-state index is 11.5. The van der Waals surface area contributed by atoms with Gasteiger partial charge in [0.05, 0.1) is 0 Å². The lowest BCUT2D eigenvalue weighted by Gasteiger charge is -2.08. The van der Waals surface area contributed by atoms with E-state index in [4.69, 9.17) is 4.74 Å².